The molecule has 6 nitrogen and oxygen atoms in total. The highest BCUT2D eigenvalue weighted by atomic mass is 16.2. The standard InChI is InChI=1S/C17H23N5O/c1-12-9-18-21(10-12)11-13-5-2-3-8-22(13)17(23)16-14-6-4-7-15(14)19-20-16/h9-10,13H,2-8,11H2,1H3,(H,19,20). The number of piperidine rings is 1. The summed E-state index contributed by atoms with van der Waals surface area (Å²) in [5, 5.41) is 11.8. The fourth-order valence-corrected chi connectivity index (χ4v) is 3.87. The van der Waals surface area contributed by atoms with E-state index < -0.39 is 0 Å². The summed E-state index contributed by atoms with van der Waals surface area (Å²) in [6, 6.07) is 0.212. The van der Waals surface area contributed by atoms with E-state index in [0.717, 1.165) is 62.0 Å². The maximum Gasteiger partial charge on any atom is 0.274 e. The first-order valence-corrected chi connectivity index (χ1v) is 8.58. The van der Waals surface area contributed by atoms with Crippen LogP contribution >= 0.6 is 0 Å². The number of hydrogen-bond acceptors (Lipinski definition) is 3. The van der Waals surface area contributed by atoms with Crippen LogP contribution in [0.2, 0.25) is 0 Å². The predicted molar refractivity (Wildman–Crippen MR) is 86.3 cm³/mol. The fraction of sp³-hybridized carbons (Fsp3) is 0.588. The highest BCUT2D eigenvalue weighted by molar-refractivity contribution is 5.94. The summed E-state index contributed by atoms with van der Waals surface area (Å²) in [6.07, 6.45) is 10.3. The van der Waals surface area contributed by atoms with Crippen molar-refractivity contribution in [2.45, 2.75) is 58.0 Å². The van der Waals surface area contributed by atoms with E-state index in [0.29, 0.717) is 5.69 Å². The third-order valence-electron chi connectivity index (χ3n) is 5.06. The molecule has 1 N–H and O–H groups in total. The van der Waals surface area contributed by atoms with Crippen molar-refractivity contribution in [3.8, 4) is 0 Å². The normalized spacial score (nSPS) is 20.7. The lowest BCUT2D eigenvalue weighted by Crippen LogP contribution is -2.46. The molecule has 2 aliphatic rings. The average Bonchev–Trinajstić information content (AvgIpc) is 3.24. The van der Waals surface area contributed by atoms with Gasteiger partial charge in [-0.05, 0) is 51.0 Å². The van der Waals surface area contributed by atoms with E-state index in [4.69, 9.17) is 0 Å². The molecule has 3 heterocycles. The van der Waals surface area contributed by atoms with Crippen LogP contribution in [0, 0.1) is 6.92 Å². The number of nitrogens with one attached hydrogen (secondary N) is 1. The van der Waals surface area contributed by atoms with Crippen molar-refractivity contribution in [1.82, 2.24) is 24.9 Å². The van der Waals surface area contributed by atoms with Crippen molar-refractivity contribution < 1.29 is 4.79 Å². The second-order valence-corrected chi connectivity index (χ2v) is 6.77. The quantitative estimate of drug-likeness (QED) is 0.943. The summed E-state index contributed by atoms with van der Waals surface area (Å²) in [5.41, 5.74) is 4.11. The van der Waals surface area contributed by atoms with Crippen molar-refractivity contribution >= 4 is 5.91 Å². The van der Waals surface area contributed by atoms with Crippen molar-refractivity contribution in [3.63, 3.8) is 0 Å². The van der Waals surface area contributed by atoms with Gasteiger partial charge in [0, 0.05) is 24.0 Å². The first-order chi connectivity index (χ1) is 11.2. The molecule has 1 saturated heterocycles. The summed E-state index contributed by atoms with van der Waals surface area (Å²) in [7, 11) is 0. The number of nitrogens with zero attached hydrogens (tertiary/aromatic N) is 4. The lowest BCUT2D eigenvalue weighted by molar-refractivity contribution is 0.0576. The molecular weight excluding hydrogens is 290 g/mol. The number of H-pyrrole nitrogens is 1. The molecule has 0 radical (unpaired) electrons. The van der Waals surface area contributed by atoms with Crippen LogP contribution in [0.15, 0.2) is 12.4 Å². The second-order valence-electron chi connectivity index (χ2n) is 6.77. The Labute approximate surface area is 135 Å². The van der Waals surface area contributed by atoms with E-state index in [1.807, 2.05) is 28.9 Å². The van der Waals surface area contributed by atoms with Gasteiger partial charge in [0.05, 0.1) is 18.8 Å². The summed E-state index contributed by atoms with van der Waals surface area (Å²) in [5.74, 6) is 0.0954. The van der Waals surface area contributed by atoms with Gasteiger partial charge < -0.3 is 4.90 Å². The molecule has 1 unspecified atom stereocenters. The Morgan fingerprint density at radius 2 is 2.26 bits per heavy atom. The number of aromatic amines is 1. The fourth-order valence-electron chi connectivity index (χ4n) is 3.87. The van der Waals surface area contributed by atoms with Crippen molar-refractivity contribution in [3.05, 3.63) is 34.9 Å². The van der Waals surface area contributed by atoms with Crippen LogP contribution in [-0.2, 0) is 19.4 Å². The third kappa shape index (κ3) is 2.66. The van der Waals surface area contributed by atoms with Crippen molar-refractivity contribution in [2.24, 2.45) is 0 Å². The molecule has 0 aromatic carbocycles. The molecule has 0 saturated carbocycles. The molecule has 1 amide bonds. The molecule has 2 aromatic rings. The van der Waals surface area contributed by atoms with Gasteiger partial charge in [0.1, 0.15) is 0 Å². The number of aromatic nitrogens is 4. The molecule has 1 aliphatic heterocycles. The summed E-state index contributed by atoms with van der Waals surface area (Å²) in [6.45, 7) is 3.64. The topological polar surface area (TPSA) is 66.8 Å². The third-order valence-corrected chi connectivity index (χ3v) is 5.06. The van der Waals surface area contributed by atoms with E-state index in [1.165, 1.54) is 6.42 Å². The van der Waals surface area contributed by atoms with E-state index in [2.05, 4.69) is 15.3 Å². The van der Waals surface area contributed by atoms with Crippen LogP contribution < -0.4 is 0 Å². The van der Waals surface area contributed by atoms with Crippen LogP contribution in [-0.4, -0.2) is 43.4 Å². The maximum absolute atomic E-state index is 13.0. The SMILES string of the molecule is Cc1cnn(CC2CCCCN2C(=O)c2n[nH]c3c2CCC3)c1. The number of hydrogen-bond donors (Lipinski definition) is 1. The zero-order valence-electron chi connectivity index (χ0n) is 13.6. The highest BCUT2D eigenvalue weighted by Gasteiger charge is 2.32. The lowest BCUT2D eigenvalue weighted by Gasteiger charge is -2.35. The molecule has 2 aromatic heterocycles. The largest absolute Gasteiger partial charge is 0.332 e. The number of rotatable bonds is 3. The van der Waals surface area contributed by atoms with Gasteiger partial charge in [0.25, 0.3) is 5.91 Å². The summed E-state index contributed by atoms with van der Waals surface area (Å²) >= 11 is 0. The molecule has 23 heavy (non-hydrogen) atoms. The van der Waals surface area contributed by atoms with Gasteiger partial charge >= 0.3 is 0 Å². The van der Waals surface area contributed by atoms with Gasteiger partial charge in [0.2, 0.25) is 0 Å². The molecule has 4 rings (SSSR count). The number of carbonyl (C=O) groups is 1. The smallest absolute Gasteiger partial charge is 0.274 e. The van der Waals surface area contributed by atoms with Gasteiger partial charge in [-0.2, -0.15) is 10.2 Å². The first-order valence-electron chi connectivity index (χ1n) is 8.58. The Morgan fingerprint density at radius 3 is 3.09 bits per heavy atom. The lowest BCUT2D eigenvalue weighted by atomic mass is 10.0. The van der Waals surface area contributed by atoms with Crippen LogP contribution in [0.25, 0.3) is 0 Å². The molecule has 0 bridgehead atoms. The average molecular weight is 313 g/mol. The molecule has 1 atom stereocenters. The van der Waals surface area contributed by atoms with E-state index >= 15 is 0 Å². The van der Waals surface area contributed by atoms with Crippen molar-refractivity contribution in [1.29, 1.82) is 0 Å². The Bertz CT molecular complexity index is 716. The maximum atomic E-state index is 13.0. The van der Waals surface area contributed by atoms with Crippen LogP contribution in [0.5, 0.6) is 0 Å². The molecule has 1 fully saturated rings. The molecule has 0 spiro atoms. The molecule has 1 aliphatic carbocycles. The van der Waals surface area contributed by atoms with Crippen molar-refractivity contribution in [2.75, 3.05) is 6.54 Å². The van der Waals surface area contributed by atoms with E-state index in [9.17, 15) is 4.79 Å². The Hall–Kier alpha value is -2.11. The highest BCUT2D eigenvalue weighted by Crippen LogP contribution is 2.26. The monoisotopic (exact) mass is 313 g/mol. The summed E-state index contributed by atoms with van der Waals surface area (Å²) in [4.78, 5) is 15.1. The van der Waals surface area contributed by atoms with Gasteiger partial charge in [-0.3, -0.25) is 14.6 Å². The number of aryl methyl sites for hydroxylation is 2. The van der Waals surface area contributed by atoms with Gasteiger partial charge in [-0.15, -0.1) is 0 Å². The second kappa shape index (κ2) is 5.83. The zero-order valence-corrected chi connectivity index (χ0v) is 13.6. The van der Waals surface area contributed by atoms with E-state index in [-0.39, 0.29) is 11.9 Å². The van der Waals surface area contributed by atoms with Gasteiger partial charge in [-0.25, -0.2) is 0 Å². The zero-order chi connectivity index (χ0) is 15.8. The van der Waals surface area contributed by atoms with Crippen LogP contribution in [0.3, 0.4) is 0 Å². The van der Waals surface area contributed by atoms with Crippen LogP contribution in [0.4, 0.5) is 0 Å². The van der Waals surface area contributed by atoms with Gasteiger partial charge in [-0.1, -0.05) is 0 Å². The minimum atomic E-state index is 0.0954. The Morgan fingerprint density at radius 1 is 1.35 bits per heavy atom. The Kier molecular flexibility index (Phi) is 3.67. The molecular formula is C17H23N5O. The molecule has 122 valence electrons. The first kappa shape index (κ1) is 14.5. The number of carbonyl (C=O) groups excluding carboxylic acids is 1. The number of amides is 1. The number of fused-ring (bicyclic) bond motifs is 1. The minimum Gasteiger partial charge on any atom is -0.332 e. The van der Waals surface area contributed by atoms with Gasteiger partial charge in [0.15, 0.2) is 5.69 Å². The number of likely N-dealkylation sites (tertiary alicyclic amines) is 1. The predicted octanol–water partition coefficient (Wildman–Crippen LogP) is 2.10. The summed E-state index contributed by atoms with van der Waals surface area (Å²) < 4.78 is 1.96. The van der Waals surface area contributed by atoms with Crippen LogP contribution in [0.1, 0.15) is 53.0 Å². The minimum absolute atomic E-state index is 0.0954. The Balaban J connectivity index is 1.55. The van der Waals surface area contributed by atoms with E-state index in [1.54, 1.807) is 0 Å². The molecule has 6 heteroatoms.